The third-order valence-corrected chi connectivity index (χ3v) is 9.62. The topological polar surface area (TPSA) is 84.7 Å². The molecule has 39 heavy (non-hydrogen) atoms. The normalized spacial score (nSPS) is 17.4. The summed E-state index contributed by atoms with van der Waals surface area (Å²) in [5, 5.41) is 3.61. The van der Waals surface area contributed by atoms with Crippen LogP contribution in [-0.2, 0) is 15.4 Å². The summed E-state index contributed by atoms with van der Waals surface area (Å²) in [7, 11) is -3.43. The number of ether oxygens (including phenoxy) is 1. The molecule has 2 heterocycles. The molecule has 5 rings (SSSR count). The quantitative estimate of drug-likeness (QED) is 0.417. The Balaban J connectivity index is 1.48. The largest absolute Gasteiger partial charge is 0.485 e. The van der Waals surface area contributed by atoms with Crippen LogP contribution in [0.2, 0.25) is 0 Å². The number of anilines is 1. The third kappa shape index (κ3) is 5.40. The Morgan fingerprint density at radius 1 is 0.949 bits per heavy atom. The summed E-state index contributed by atoms with van der Waals surface area (Å²) in [6.07, 6.45) is 2.96. The van der Waals surface area contributed by atoms with Gasteiger partial charge in [-0.15, -0.1) is 0 Å². The third-order valence-electron chi connectivity index (χ3n) is 7.34. The maximum Gasteiger partial charge on any atom is 0.316 e. The number of sulfonamides is 1. The Kier molecular flexibility index (Phi) is 7.19. The van der Waals surface area contributed by atoms with Crippen LogP contribution in [0.4, 0.5) is 18.9 Å². The maximum absolute atomic E-state index is 13.9. The van der Waals surface area contributed by atoms with Crippen LogP contribution >= 0.6 is 0 Å². The lowest BCUT2D eigenvalue weighted by Crippen LogP contribution is -2.50. The molecule has 3 aromatic rings. The van der Waals surface area contributed by atoms with E-state index in [1.165, 1.54) is 22.6 Å². The van der Waals surface area contributed by atoms with Crippen molar-refractivity contribution >= 4 is 15.7 Å². The van der Waals surface area contributed by atoms with E-state index < -0.39 is 32.5 Å². The van der Waals surface area contributed by atoms with Crippen molar-refractivity contribution in [1.82, 2.24) is 14.1 Å². The van der Waals surface area contributed by atoms with Gasteiger partial charge in [-0.25, -0.2) is 21.6 Å². The molecule has 0 atom stereocenters. The molecule has 0 amide bonds. The molecule has 1 saturated heterocycles. The minimum absolute atomic E-state index is 0.0526. The van der Waals surface area contributed by atoms with E-state index in [0.29, 0.717) is 24.8 Å². The zero-order valence-corrected chi connectivity index (χ0v) is 22.4. The van der Waals surface area contributed by atoms with Gasteiger partial charge in [-0.2, -0.15) is 14.1 Å². The molecular formula is C27H29F3N4O4S. The molecule has 12 heteroatoms. The molecule has 1 saturated carbocycles. The van der Waals surface area contributed by atoms with Crippen molar-refractivity contribution in [2.75, 3.05) is 37.7 Å². The number of benzene rings is 2. The Hall–Kier alpha value is -3.38. The van der Waals surface area contributed by atoms with E-state index in [2.05, 4.69) is 5.10 Å². The van der Waals surface area contributed by atoms with Crippen LogP contribution in [0.25, 0.3) is 5.69 Å². The van der Waals surface area contributed by atoms with Gasteiger partial charge in [0.1, 0.15) is 23.1 Å². The van der Waals surface area contributed by atoms with Gasteiger partial charge in [-0.1, -0.05) is 12.1 Å². The first kappa shape index (κ1) is 27.2. The lowest BCUT2D eigenvalue weighted by Gasteiger charge is -2.36. The van der Waals surface area contributed by atoms with Crippen molar-refractivity contribution in [1.29, 1.82) is 0 Å². The first-order valence-corrected chi connectivity index (χ1v) is 14.2. The lowest BCUT2D eigenvalue weighted by molar-refractivity contribution is 0.271. The first-order chi connectivity index (χ1) is 18.5. The van der Waals surface area contributed by atoms with Gasteiger partial charge < -0.3 is 9.64 Å². The average Bonchev–Trinajstić information content (AvgIpc) is 3.68. The summed E-state index contributed by atoms with van der Waals surface area (Å²) in [6.45, 7) is 4.42. The summed E-state index contributed by atoms with van der Waals surface area (Å²) in [6, 6.07) is 8.84. The Morgan fingerprint density at radius 2 is 1.56 bits per heavy atom. The van der Waals surface area contributed by atoms with Crippen LogP contribution in [0.15, 0.2) is 53.5 Å². The van der Waals surface area contributed by atoms with Crippen molar-refractivity contribution < 1.29 is 26.3 Å². The van der Waals surface area contributed by atoms with Gasteiger partial charge in [0.15, 0.2) is 0 Å². The molecule has 0 unspecified atom stereocenters. The second-order valence-corrected chi connectivity index (χ2v) is 12.7. The Labute approximate surface area is 224 Å². The van der Waals surface area contributed by atoms with E-state index in [9.17, 15) is 26.4 Å². The lowest BCUT2D eigenvalue weighted by atomic mass is 9.97. The van der Waals surface area contributed by atoms with Gasteiger partial charge >= 0.3 is 5.56 Å². The number of piperazine rings is 1. The Morgan fingerprint density at radius 3 is 2.13 bits per heavy atom. The number of nitrogens with zero attached hydrogens (tertiary/aromatic N) is 4. The fraction of sp³-hybridized carbons (Fsp3) is 0.407. The Bertz CT molecular complexity index is 1510. The second kappa shape index (κ2) is 10.3. The van der Waals surface area contributed by atoms with Crippen molar-refractivity contribution in [3.05, 3.63) is 82.0 Å². The molecular weight excluding hydrogens is 533 g/mol. The van der Waals surface area contributed by atoms with Gasteiger partial charge in [-0.3, -0.25) is 4.79 Å². The number of halogens is 3. The maximum atomic E-state index is 13.9. The average molecular weight is 563 g/mol. The molecule has 2 fully saturated rings. The van der Waals surface area contributed by atoms with E-state index in [4.69, 9.17) is 4.74 Å². The number of rotatable bonds is 8. The highest BCUT2D eigenvalue weighted by Crippen LogP contribution is 2.48. The molecule has 1 aliphatic carbocycles. The van der Waals surface area contributed by atoms with Crippen LogP contribution in [0.3, 0.4) is 0 Å². The van der Waals surface area contributed by atoms with Gasteiger partial charge in [0, 0.05) is 37.7 Å². The van der Waals surface area contributed by atoms with Gasteiger partial charge in [0.25, 0.3) is 0 Å². The predicted molar refractivity (Wildman–Crippen MR) is 140 cm³/mol. The fourth-order valence-electron chi connectivity index (χ4n) is 4.80. The molecule has 0 radical (unpaired) electrons. The minimum atomic E-state index is -3.43. The number of aromatic nitrogens is 2. The predicted octanol–water partition coefficient (Wildman–Crippen LogP) is 3.62. The van der Waals surface area contributed by atoms with Crippen molar-refractivity contribution in [3.63, 3.8) is 0 Å². The number of hydrogen-bond donors (Lipinski definition) is 0. The monoisotopic (exact) mass is 562 g/mol. The number of hydrogen-bond acceptors (Lipinski definition) is 6. The molecule has 2 aromatic carbocycles. The smallest absolute Gasteiger partial charge is 0.316 e. The zero-order valence-electron chi connectivity index (χ0n) is 21.6. The van der Waals surface area contributed by atoms with Gasteiger partial charge in [0.2, 0.25) is 15.8 Å². The molecule has 0 N–H and O–H groups in total. The first-order valence-electron chi connectivity index (χ1n) is 12.7. The molecule has 2 aliphatic rings. The van der Waals surface area contributed by atoms with E-state index in [1.807, 2.05) is 4.90 Å². The minimum Gasteiger partial charge on any atom is -0.485 e. The highest BCUT2D eigenvalue weighted by Gasteiger charge is 2.45. The summed E-state index contributed by atoms with van der Waals surface area (Å²) in [4.78, 5) is 15.5. The molecule has 208 valence electrons. The van der Waals surface area contributed by atoms with Gasteiger partial charge in [0.05, 0.1) is 23.7 Å². The van der Waals surface area contributed by atoms with Crippen molar-refractivity contribution in [3.8, 4) is 11.4 Å². The molecule has 1 aliphatic heterocycles. The fourth-order valence-corrected chi connectivity index (χ4v) is 6.07. The molecule has 1 aromatic heterocycles. The molecule has 0 spiro atoms. The van der Waals surface area contributed by atoms with Crippen LogP contribution < -0.4 is 15.2 Å². The summed E-state index contributed by atoms with van der Waals surface area (Å²) in [5.74, 6) is -2.12. The zero-order chi connectivity index (χ0) is 27.9. The van der Waals surface area contributed by atoms with Crippen molar-refractivity contribution in [2.24, 2.45) is 0 Å². The second-order valence-electron chi connectivity index (χ2n) is 10.3. The van der Waals surface area contributed by atoms with Crippen LogP contribution in [0.1, 0.15) is 32.3 Å². The van der Waals surface area contributed by atoms with Gasteiger partial charge in [-0.05, 0) is 56.5 Å². The van der Waals surface area contributed by atoms with E-state index in [0.717, 1.165) is 35.2 Å². The summed E-state index contributed by atoms with van der Waals surface area (Å²) in [5.41, 5.74) is 0.0655. The summed E-state index contributed by atoms with van der Waals surface area (Å²) < 4.78 is 75.0. The molecule has 0 bridgehead atoms. The van der Waals surface area contributed by atoms with Crippen LogP contribution in [0.5, 0.6) is 5.75 Å². The SMILES string of the molecule is CC(C)S(=O)(=O)N1CCN(c2cnn(-c3cc(F)cc(F)c3)c(=O)c2OCC2(c3ccc(F)cc3)CC2)CC1. The summed E-state index contributed by atoms with van der Waals surface area (Å²) >= 11 is 0. The van der Waals surface area contributed by atoms with E-state index in [1.54, 1.807) is 26.0 Å². The van der Waals surface area contributed by atoms with Crippen LogP contribution in [-0.4, -0.2) is 60.5 Å². The van der Waals surface area contributed by atoms with E-state index >= 15 is 0 Å². The molecule has 8 nitrogen and oxygen atoms in total. The highest BCUT2D eigenvalue weighted by molar-refractivity contribution is 7.89. The van der Waals surface area contributed by atoms with Crippen molar-refractivity contribution in [2.45, 2.75) is 37.4 Å². The van der Waals surface area contributed by atoms with Crippen LogP contribution in [0, 0.1) is 17.5 Å². The standard InChI is InChI=1S/C27H29F3N4O4S/c1-18(2)39(36,37)33-11-9-32(10-12-33)24-16-31-34(23-14-21(29)13-22(30)15-23)26(35)25(24)38-17-27(7-8-27)19-3-5-20(28)6-4-19/h3-6,13-16,18H,7-12,17H2,1-2H3. The van der Waals surface area contributed by atoms with E-state index in [-0.39, 0.29) is 42.4 Å². The highest BCUT2D eigenvalue weighted by atomic mass is 32.2.